The standard InChI is InChI=1S/C12H10FNO3/c1-17-12(16)9-6-5-8(10(13)7-9)3-2-4-11(14)15/h5-7H,4H2,1H3,(H2,14,15). The number of hydrogen-bond acceptors (Lipinski definition) is 3. The van der Waals surface area contributed by atoms with E-state index >= 15 is 0 Å². The lowest BCUT2D eigenvalue weighted by atomic mass is 10.1. The fraction of sp³-hybridized carbons (Fsp3) is 0.167. The Bertz CT molecular complexity index is 514. The number of ether oxygens (including phenoxy) is 1. The van der Waals surface area contributed by atoms with Crippen molar-refractivity contribution in [1.29, 1.82) is 0 Å². The Balaban J connectivity index is 2.93. The maximum absolute atomic E-state index is 13.4. The van der Waals surface area contributed by atoms with Gasteiger partial charge >= 0.3 is 5.97 Å². The summed E-state index contributed by atoms with van der Waals surface area (Å²) in [7, 11) is 1.21. The maximum Gasteiger partial charge on any atom is 0.337 e. The zero-order valence-corrected chi connectivity index (χ0v) is 9.12. The van der Waals surface area contributed by atoms with Crippen molar-refractivity contribution < 1.29 is 18.7 Å². The number of benzene rings is 1. The third-order valence-electron chi connectivity index (χ3n) is 1.88. The Kier molecular flexibility index (Phi) is 4.23. The highest BCUT2D eigenvalue weighted by Crippen LogP contribution is 2.10. The molecular weight excluding hydrogens is 225 g/mol. The molecule has 0 fully saturated rings. The molecule has 4 nitrogen and oxygen atoms in total. The second-order valence-electron chi connectivity index (χ2n) is 3.13. The normalized spacial score (nSPS) is 9.06. The molecule has 0 saturated heterocycles. The van der Waals surface area contributed by atoms with Crippen molar-refractivity contribution >= 4 is 11.9 Å². The number of nitrogens with two attached hydrogens (primary N) is 1. The van der Waals surface area contributed by atoms with Crippen LogP contribution in [0.15, 0.2) is 18.2 Å². The van der Waals surface area contributed by atoms with Crippen molar-refractivity contribution in [1.82, 2.24) is 0 Å². The number of methoxy groups -OCH3 is 1. The van der Waals surface area contributed by atoms with Crippen LogP contribution in [0, 0.1) is 17.7 Å². The molecule has 0 aliphatic carbocycles. The van der Waals surface area contributed by atoms with Crippen LogP contribution >= 0.6 is 0 Å². The number of primary amides is 1. The Morgan fingerprint density at radius 2 is 2.18 bits per heavy atom. The number of carbonyl (C=O) groups is 2. The van der Waals surface area contributed by atoms with E-state index in [1.54, 1.807) is 0 Å². The van der Waals surface area contributed by atoms with Gasteiger partial charge < -0.3 is 10.5 Å². The lowest BCUT2D eigenvalue weighted by Gasteiger charge is -2.00. The third kappa shape index (κ3) is 3.61. The lowest BCUT2D eigenvalue weighted by molar-refractivity contribution is -0.117. The molecule has 0 unspecified atom stereocenters. The van der Waals surface area contributed by atoms with Gasteiger partial charge in [0.25, 0.3) is 0 Å². The van der Waals surface area contributed by atoms with Crippen molar-refractivity contribution in [2.75, 3.05) is 7.11 Å². The number of hydrogen-bond donors (Lipinski definition) is 1. The molecule has 1 rings (SSSR count). The van der Waals surface area contributed by atoms with E-state index < -0.39 is 17.7 Å². The SMILES string of the molecule is COC(=O)c1ccc(C#CCC(N)=O)c(F)c1. The molecule has 17 heavy (non-hydrogen) atoms. The van der Waals surface area contributed by atoms with E-state index in [4.69, 9.17) is 5.73 Å². The van der Waals surface area contributed by atoms with Gasteiger partial charge in [0.2, 0.25) is 5.91 Å². The van der Waals surface area contributed by atoms with Crippen LogP contribution in [-0.4, -0.2) is 19.0 Å². The second kappa shape index (κ2) is 5.66. The average Bonchev–Trinajstić information content (AvgIpc) is 2.29. The Labute approximate surface area is 97.6 Å². The summed E-state index contributed by atoms with van der Waals surface area (Å²) in [5.41, 5.74) is 5.08. The number of carbonyl (C=O) groups excluding carboxylic acids is 2. The number of rotatable bonds is 2. The van der Waals surface area contributed by atoms with E-state index in [2.05, 4.69) is 16.6 Å². The molecule has 2 N–H and O–H groups in total. The predicted molar refractivity (Wildman–Crippen MR) is 58.4 cm³/mol. The molecule has 0 bridgehead atoms. The summed E-state index contributed by atoms with van der Waals surface area (Å²) in [6.07, 6.45) is -0.141. The Morgan fingerprint density at radius 3 is 2.71 bits per heavy atom. The van der Waals surface area contributed by atoms with Gasteiger partial charge in [-0.3, -0.25) is 4.79 Å². The van der Waals surface area contributed by atoms with Crippen molar-refractivity contribution in [2.24, 2.45) is 5.73 Å². The molecule has 0 heterocycles. The first-order valence-corrected chi connectivity index (χ1v) is 4.69. The van der Waals surface area contributed by atoms with Gasteiger partial charge in [0.05, 0.1) is 24.7 Å². The first kappa shape index (κ1) is 12.7. The largest absolute Gasteiger partial charge is 0.465 e. The van der Waals surface area contributed by atoms with E-state index in [-0.39, 0.29) is 17.5 Å². The fourth-order valence-corrected chi connectivity index (χ4v) is 1.09. The van der Waals surface area contributed by atoms with Crippen LogP contribution in [0.5, 0.6) is 0 Å². The summed E-state index contributed by atoms with van der Waals surface area (Å²) in [6.45, 7) is 0. The Morgan fingerprint density at radius 1 is 1.47 bits per heavy atom. The summed E-state index contributed by atoms with van der Waals surface area (Å²) < 4.78 is 17.9. The zero-order valence-electron chi connectivity index (χ0n) is 9.12. The van der Waals surface area contributed by atoms with Gasteiger partial charge in [-0.15, -0.1) is 0 Å². The minimum Gasteiger partial charge on any atom is -0.465 e. The molecule has 1 aromatic rings. The van der Waals surface area contributed by atoms with E-state index in [0.717, 1.165) is 6.07 Å². The van der Waals surface area contributed by atoms with E-state index in [9.17, 15) is 14.0 Å². The van der Waals surface area contributed by atoms with Gasteiger partial charge in [-0.25, -0.2) is 9.18 Å². The van der Waals surface area contributed by atoms with Gasteiger partial charge in [-0.05, 0) is 18.2 Å². The van der Waals surface area contributed by atoms with E-state index in [1.165, 1.54) is 19.2 Å². The highest BCUT2D eigenvalue weighted by atomic mass is 19.1. The van der Waals surface area contributed by atoms with Gasteiger partial charge in [-0.2, -0.15) is 0 Å². The molecule has 0 aliphatic heterocycles. The first-order chi connectivity index (χ1) is 8.04. The van der Waals surface area contributed by atoms with Gasteiger partial charge in [-0.1, -0.05) is 11.8 Å². The molecule has 0 aromatic heterocycles. The van der Waals surface area contributed by atoms with E-state index in [0.29, 0.717) is 0 Å². The third-order valence-corrected chi connectivity index (χ3v) is 1.88. The molecular formula is C12H10FNO3. The fourth-order valence-electron chi connectivity index (χ4n) is 1.09. The minimum absolute atomic E-state index is 0.0962. The topological polar surface area (TPSA) is 69.4 Å². The van der Waals surface area contributed by atoms with Crippen LogP contribution in [0.4, 0.5) is 4.39 Å². The maximum atomic E-state index is 13.4. The number of halogens is 1. The predicted octanol–water partition coefficient (Wildman–Crippen LogP) is 0.839. The summed E-state index contributed by atoms with van der Waals surface area (Å²) in [4.78, 5) is 21.5. The summed E-state index contributed by atoms with van der Waals surface area (Å²) in [6, 6.07) is 3.76. The lowest BCUT2D eigenvalue weighted by Crippen LogP contribution is -2.08. The van der Waals surface area contributed by atoms with Gasteiger partial charge in [0.1, 0.15) is 5.82 Å². The van der Waals surface area contributed by atoms with Gasteiger partial charge in [0.15, 0.2) is 0 Å². The van der Waals surface area contributed by atoms with Crippen molar-refractivity contribution in [3.63, 3.8) is 0 Å². The highest BCUT2D eigenvalue weighted by Gasteiger charge is 2.08. The molecule has 0 aliphatic rings. The van der Waals surface area contributed by atoms with Crippen LogP contribution in [0.1, 0.15) is 22.3 Å². The van der Waals surface area contributed by atoms with Crippen LogP contribution in [-0.2, 0) is 9.53 Å². The molecule has 0 saturated carbocycles. The summed E-state index contributed by atoms with van der Waals surface area (Å²) in [5, 5.41) is 0. The zero-order chi connectivity index (χ0) is 12.8. The smallest absolute Gasteiger partial charge is 0.337 e. The molecule has 1 amide bonds. The van der Waals surface area contributed by atoms with E-state index in [1.807, 2.05) is 0 Å². The molecule has 0 spiro atoms. The van der Waals surface area contributed by atoms with Crippen LogP contribution in [0.3, 0.4) is 0 Å². The molecule has 1 aromatic carbocycles. The second-order valence-corrected chi connectivity index (χ2v) is 3.13. The highest BCUT2D eigenvalue weighted by molar-refractivity contribution is 5.89. The van der Waals surface area contributed by atoms with Gasteiger partial charge in [0, 0.05) is 0 Å². The summed E-state index contributed by atoms with van der Waals surface area (Å²) in [5.74, 6) is 3.02. The van der Waals surface area contributed by atoms with Crippen LogP contribution in [0.25, 0.3) is 0 Å². The van der Waals surface area contributed by atoms with Crippen molar-refractivity contribution in [2.45, 2.75) is 6.42 Å². The Hall–Kier alpha value is -2.35. The van der Waals surface area contributed by atoms with Crippen molar-refractivity contribution in [3.05, 3.63) is 35.1 Å². The monoisotopic (exact) mass is 235 g/mol. The summed E-state index contributed by atoms with van der Waals surface area (Å²) >= 11 is 0. The minimum atomic E-state index is -0.648. The number of amides is 1. The van der Waals surface area contributed by atoms with Crippen LogP contribution in [0.2, 0.25) is 0 Å². The molecule has 0 radical (unpaired) electrons. The molecule has 88 valence electrons. The average molecular weight is 235 g/mol. The molecule has 0 atom stereocenters. The van der Waals surface area contributed by atoms with Crippen molar-refractivity contribution in [3.8, 4) is 11.8 Å². The van der Waals surface area contributed by atoms with Crippen LogP contribution < -0.4 is 5.73 Å². The first-order valence-electron chi connectivity index (χ1n) is 4.69. The molecule has 5 heteroatoms. The number of esters is 1. The quantitative estimate of drug-likeness (QED) is 0.610.